The molecule has 0 fully saturated rings. The molecule has 0 atom stereocenters. The standard InChI is InChI=1S/C15H25BrN2O/c1-15(2,11-18-9-5-4-8-17)13-10-12(16)6-7-14(13)19-3/h6-7,10,18H,4-5,8-9,11,17H2,1-3H3. The molecule has 0 heterocycles. The molecule has 0 aromatic heterocycles. The van der Waals surface area contributed by atoms with E-state index in [1.165, 1.54) is 5.56 Å². The Kier molecular flexibility index (Phi) is 6.83. The smallest absolute Gasteiger partial charge is 0.122 e. The fourth-order valence-corrected chi connectivity index (χ4v) is 2.46. The van der Waals surface area contributed by atoms with Gasteiger partial charge in [-0.25, -0.2) is 0 Å². The molecule has 0 radical (unpaired) electrons. The number of rotatable bonds is 8. The highest BCUT2D eigenvalue weighted by Gasteiger charge is 2.24. The average Bonchev–Trinajstić information content (AvgIpc) is 2.38. The van der Waals surface area contributed by atoms with E-state index in [4.69, 9.17) is 10.5 Å². The normalized spacial score (nSPS) is 11.6. The molecule has 0 bridgehead atoms. The lowest BCUT2D eigenvalue weighted by Crippen LogP contribution is -2.34. The van der Waals surface area contributed by atoms with Crippen molar-refractivity contribution in [1.29, 1.82) is 0 Å². The topological polar surface area (TPSA) is 47.3 Å². The van der Waals surface area contributed by atoms with E-state index >= 15 is 0 Å². The van der Waals surface area contributed by atoms with Crippen LogP contribution in [0, 0.1) is 0 Å². The van der Waals surface area contributed by atoms with Crippen LogP contribution in [0.5, 0.6) is 5.75 Å². The first-order valence-corrected chi connectivity index (χ1v) is 7.55. The molecule has 4 heteroatoms. The molecule has 3 nitrogen and oxygen atoms in total. The second-order valence-corrected chi connectivity index (χ2v) is 6.32. The van der Waals surface area contributed by atoms with Gasteiger partial charge in [-0.2, -0.15) is 0 Å². The van der Waals surface area contributed by atoms with Gasteiger partial charge in [-0.1, -0.05) is 29.8 Å². The molecular weight excluding hydrogens is 304 g/mol. The fourth-order valence-electron chi connectivity index (χ4n) is 2.10. The first kappa shape index (κ1) is 16.5. The fraction of sp³-hybridized carbons (Fsp3) is 0.600. The second-order valence-electron chi connectivity index (χ2n) is 5.40. The molecule has 0 aliphatic heterocycles. The predicted molar refractivity (Wildman–Crippen MR) is 84.9 cm³/mol. The summed E-state index contributed by atoms with van der Waals surface area (Å²) in [5, 5.41) is 3.50. The summed E-state index contributed by atoms with van der Waals surface area (Å²) in [6, 6.07) is 6.16. The zero-order valence-corrected chi connectivity index (χ0v) is 13.7. The number of ether oxygens (including phenoxy) is 1. The highest BCUT2D eigenvalue weighted by Crippen LogP contribution is 2.33. The summed E-state index contributed by atoms with van der Waals surface area (Å²) in [5.74, 6) is 0.942. The van der Waals surface area contributed by atoms with Gasteiger partial charge < -0.3 is 15.8 Å². The van der Waals surface area contributed by atoms with Gasteiger partial charge >= 0.3 is 0 Å². The van der Waals surface area contributed by atoms with E-state index < -0.39 is 0 Å². The molecule has 0 unspecified atom stereocenters. The zero-order chi connectivity index (χ0) is 14.3. The summed E-state index contributed by atoms with van der Waals surface area (Å²) < 4.78 is 6.55. The van der Waals surface area contributed by atoms with Crippen molar-refractivity contribution in [3.63, 3.8) is 0 Å². The van der Waals surface area contributed by atoms with E-state index in [0.717, 1.165) is 42.7 Å². The monoisotopic (exact) mass is 328 g/mol. The molecule has 1 rings (SSSR count). The maximum atomic E-state index is 5.49. The number of methoxy groups -OCH3 is 1. The average molecular weight is 329 g/mol. The molecule has 1 aromatic carbocycles. The Morgan fingerprint density at radius 3 is 2.68 bits per heavy atom. The lowest BCUT2D eigenvalue weighted by molar-refractivity contribution is 0.385. The van der Waals surface area contributed by atoms with Crippen LogP contribution in [0.1, 0.15) is 32.3 Å². The van der Waals surface area contributed by atoms with E-state index in [2.05, 4.69) is 41.2 Å². The summed E-state index contributed by atoms with van der Waals surface area (Å²) in [7, 11) is 1.72. The lowest BCUT2D eigenvalue weighted by Gasteiger charge is -2.28. The van der Waals surface area contributed by atoms with Gasteiger partial charge in [0, 0.05) is 22.0 Å². The van der Waals surface area contributed by atoms with E-state index in [9.17, 15) is 0 Å². The van der Waals surface area contributed by atoms with Gasteiger partial charge in [0.2, 0.25) is 0 Å². The van der Waals surface area contributed by atoms with Gasteiger partial charge in [0.15, 0.2) is 0 Å². The van der Waals surface area contributed by atoms with Crippen LogP contribution in [0.25, 0.3) is 0 Å². The number of halogens is 1. The third kappa shape index (κ3) is 5.13. The highest BCUT2D eigenvalue weighted by atomic mass is 79.9. The zero-order valence-electron chi connectivity index (χ0n) is 12.1. The number of hydrogen-bond donors (Lipinski definition) is 2. The van der Waals surface area contributed by atoms with Crippen molar-refractivity contribution in [2.75, 3.05) is 26.7 Å². The molecule has 0 saturated heterocycles. The Bertz CT molecular complexity index is 394. The van der Waals surface area contributed by atoms with Crippen LogP contribution in [0.15, 0.2) is 22.7 Å². The maximum Gasteiger partial charge on any atom is 0.122 e. The Morgan fingerprint density at radius 2 is 2.05 bits per heavy atom. The van der Waals surface area contributed by atoms with Crippen molar-refractivity contribution >= 4 is 15.9 Å². The van der Waals surface area contributed by atoms with Crippen LogP contribution in [-0.2, 0) is 5.41 Å². The van der Waals surface area contributed by atoms with Crippen LogP contribution in [0.4, 0.5) is 0 Å². The van der Waals surface area contributed by atoms with Crippen molar-refractivity contribution in [2.24, 2.45) is 5.73 Å². The largest absolute Gasteiger partial charge is 0.496 e. The van der Waals surface area contributed by atoms with E-state index in [-0.39, 0.29) is 5.41 Å². The maximum absolute atomic E-state index is 5.49. The summed E-state index contributed by atoms with van der Waals surface area (Å²) in [6.07, 6.45) is 2.20. The van der Waals surface area contributed by atoms with Gasteiger partial charge in [0.05, 0.1) is 7.11 Å². The van der Waals surface area contributed by atoms with Gasteiger partial charge in [-0.05, 0) is 44.1 Å². The molecule has 0 spiro atoms. The SMILES string of the molecule is COc1ccc(Br)cc1C(C)(C)CNCCCCN. The molecule has 0 saturated carbocycles. The van der Waals surface area contributed by atoms with Crippen LogP contribution >= 0.6 is 15.9 Å². The Labute approximate surface area is 125 Å². The number of unbranched alkanes of at least 4 members (excludes halogenated alkanes) is 1. The molecule has 3 N–H and O–H groups in total. The minimum atomic E-state index is 0.0256. The predicted octanol–water partition coefficient (Wildman–Crippen LogP) is 3.06. The van der Waals surface area contributed by atoms with E-state index in [1.54, 1.807) is 7.11 Å². The lowest BCUT2D eigenvalue weighted by atomic mass is 9.84. The minimum Gasteiger partial charge on any atom is -0.496 e. The van der Waals surface area contributed by atoms with Crippen LogP contribution in [0.3, 0.4) is 0 Å². The number of benzene rings is 1. The van der Waals surface area contributed by atoms with Crippen molar-refractivity contribution < 1.29 is 4.74 Å². The van der Waals surface area contributed by atoms with Gasteiger partial charge in [-0.3, -0.25) is 0 Å². The second kappa shape index (κ2) is 7.88. The highest BCUT2D eigenvalue weighted by molar-refractivity contribution is 9.10. The molecule has 1 aromatic rings. The van der Waals surface area contributed by atoms with Gasteiger partial charge in [0.1, 0.15) is 5.75 Å². The molecule has 0 aliphatic rings. The first-order chi connectivity index (χ1) is 9.01. The van der Waals surface area contributed by atoms with Crippen LogP contribution in [0.2, 0.25) is 0 Å². The van der Waals surface area contributed by atoms with Crippen LogP contribution in [-0.4, -0.2) is 26.7 Å². The molecule has 19 heavy (non-hydrogen) atoms. The van der Waals surface area contributed by atoms with E-state index in [0.29, 0.717) is 0 Å². The Morgan fingerprint density at radius 1 is 1.32 bits per heavy atom. The molecular formula is C15H25BrN2O. The summed E-state index contributed by atoms with van der Waals surface area (Å²) >= 11 is 3.53. The van der Waals surface area contributed by atoms with Gasteiger partial charge in [0.25, 0.3) is 0 Å². The molecule has 0 amide bonds. The van der Waals surface area contributed by atoms with Crippen molar-refractivity contribution in [1.82, 2.24) is 5.32 Å². The third-order valence-corrected chi connectivity index (χ3v) is 3.76. The first-order valence-electron chi connectivity index (χ1n) is 6.76. The summed E-state index contributed by atoms with van der Waals surface area (Å²) in [4.78, 5) is 0. The molecule has 0 aliphatic carbocycles. The summed E-state index contributed by atoms with van der Waals surface area (Å²) in [6.45, 7) is 7.16. The third-order valence-electron chi connectivity index (χ3n) is 3.27. The molecule has 108 valence electrons. The van der Waals surface area contributed by atoms with Crippen molar-refractivity contribution in [2.45, 2.75) is 32.1 Å². The summed E-state index contributed by atoms with van der Waals surface area (Å²) in [5.41, 5.74) is 6.74. The number of nitrogens with one attached hydrogen (secondary N) is 1. The minimum absolute atomic E-state index is 0.0256. The van der Waals surface area contributed by atoms with E-state index in [1.807, 2.05) is 12.1 Å². The quantitative estimate of drug-likeness (QED) is 0.721. The van der Waals surface area contributed by atoms with Crippen LogP contribution < -0.4 is 15.8 Å². The van der Waals surface area contributed by atoms with Crippen molar-refractivity contribution in [3.05, 3.63) is 28.2 Å². The Hall–Kier alpha value is -0.580. The number of hydrogen-bond acceptors (Lipinski definition) is 3. The van der Waals surface area contributed by atoms with Gasteiger partial charge in [-0.15, -0.1) is 0 Å². The van der Waals surface area contributed by atoms with Crippen molar-refractivity contribution in [3.8, 4) is 5.75 Å². The Balaban J connectivity index is 2.67. The number of nitrogens with two attached hydrogens (primary N) is 1.